The molecule has 1 atom stereocenters. The van der Waals surface area contributed by atoms with E-state index in [1.807, 2.05) is 33.8 Å². The lowest BCUT2D eigenvalue weighted by molar-refractivity contribution is -0.141. The minimum atomic E-state index is -4.19. The quantitative estimate of drug-likeness (QED) is 0.263. The molecule has 0 radical (unpaired) electrons. The van der Waals surface area contributed by atoms with Crippen molar-refractivity contribution in [1.82, 2.24) is 10.2 Å². The number of amides is 2. The lowest BCUT2D eigenvalue weighted by Crippen LogP contribution is -2.55. The van der Waals surface area contributed by atoms with Crippen molar-refractivity contribution in [3.63, 3.8) is 0 Å². The summed E-state index contributed by atoms with van der Waals surface area (Å²) < 4.78 is 28.9. The molecule has 0 aliphatic rings. The van der Waals surface area contributed by atoms with E-state index in [4.69, 9.17) is 34.8 Å². The fraction of sp³-hybridized carbons (Fsp3) is 0.333. The van der Waals surface area contributed by atoms with Crippen molar-refractivity contribution in [3.05, 3.63) is 92.9 Å². The molecular formula is C30H34Cl3N3O4S. The Bertz CT molecular complexity index is 1510. The molecule has 220 valence electrons. The maximum absolute atomic E-state index is 14.1. The first-order chi connectivity index (χ1) is 19.1. The van der Waals surface area contributed by atoms with Gasteiger partial charge in [0.15, 0.2) is 0 Å². The van der Waals surface area contributed by atoms with Crippen LogP contribution < -0.4 is 9.62 Å². The number of hydrogen-bond acceptors (Lipinski definition) is 4. The molecule has 3 rings (SSSR count). The summed E-state index contributed by atoms with van der Waals surface area (Å²) in [5, 5.41) is 3.98. The number of aryl methyl sites for hydroxylation is 1. The van der Waals surface area contributed by atoms with Gasteiger partial charge in [0.25, 0.3) is 10.0 Å². The lowest BCUT2D eigenvalue weighted by Gasteiger charge is -2.35. The van der Waals surface area contributed by atoms with Crippen LogP contribution in [-0.4, -0.2) is 43.3 Å². The van der Waals surface area contributed by atoms with Gasteiger partial charge in [0.1, 0.15) is 12.6 Å². The third-order valence-corrected chi connectivity index (χ3v) is 8.97. The minimum Gasteiger partial charge on any atom is -0.350 e. The number of carbonyl (C=O) groups is 2. The van der Waals surface area contributed by atoms with Crippen LogP contribution in [0.4, 0.5) is 5.69 Å². The van der Waals surface area contributed by atoms with Crippen molar-refractivity contribution in [2.24, 2.45) is 0 Å². The summed E-state index contributed by atoms with van der Waals surface area (Å²) in [6.45, 7) is 8.63. The van der Waals surface area contributed by atoms with Crippen molar-refractivity contribution in [2.75, 3.05) is 10.8 Å². The molecule has 0 aliphatic carbocycles. The molecule has 41 heavy (non-hydrogen) atoms. The summed E-state index contributed by atoms with van der Waals surface area (Å²) in [6.07, 6.45) is 0.295. The largest absolute Gasteiger partial charge is 0.350 e. The highest BCUT2D eigenvalue weighted by molar-refractivity contribution is 7.92. The average Bonchev–Trinajstić information content (AvgIpc) is 2.88. The van der Waals surface area contributed by atoms with E-state index in [2.05, 4.69) is 5.32 Å². The Kier molecular flexibility index (Phi) is 10.7. The van der Waals surface area contributed by atoms with Crippen LogP contribution in [0.2, 0.25) is 15.1 Å². The van der Waals surface area contributed by atoms with Gasteiger partial charge < -0.3 is 10.2 Å². The molecule has 0 aliphatic heterocycles. The Morgan fingerprint density at radius 3 is 2.15 bits per heavy atom. The third-order valence-electron chi connectivity index (χ3n) is 6.19. The van der Waals surface area contributed by atoms with Gasteiger partial charge >= 0.3 is 0 Å². The number of nitrogens with one attached hydrogen (secondary N) is 1. The van der Waals surface area contributed by atoms with Gasteiger partial charge in [-0.3, -0.25) is 13.9 Å². The molecule has 0 spiro atoms. The zero-order chi connectivity index (χ0) is 30.5. The smallest absolute Gasteiger partial charge is 0.264 e. The maximum Gasteiger partial charge on any atom is 0.264 e. The summed E-state index contributed by atoms with van der Waals surface area (Å²) in [7, 11) is -4.19. The predicted molar refractivity (Wildman–Crippen MR) is 166 cm³/mol. The molecule has 3 aromatic carbocycles. The monoisotopic (exact) mass is 637 g/mol. The summed E-state index contributed by atoms with van der Waals surface area (Å²) in [6, 6.07) is 16.7. The number of carbonyl (C=O) groups excluding carboxylic acids is 2. The SMILES string of the molecule is CC[C@H](C(=O)NC(C)(C)C)N(Cc1ccc(Cl)c(Cl)c1)C(=O)CN(c1cccc(C)c1)S(=O)(=O)c1ccc(Cl)cc1. The fourth-order valence-electron chi connectivity index (χ4n) is 4.25. The van der Waals surface area contributed by atoms with E-state index in [0.717, 1.165) is 9.87 Å². The van der Waals surface area contributed by atoms with Crippen LogP contribution >= 0.6 is 34.8 Å². The predicted octanol–water partition coefficient (Wildman–Crippen LogP) is 6.87. The number of sulfonamides is 1. The van der Waals surface area contributed by atoms with Crippen molar-refractivity contribution in [1.29, 1.82) is 0 Å². The van der Waals surface area contributed by atoms with E-state index in [1.54, 1.807) is 43.3 Å². The van der Waals surface area contributed by atoms with Crippen molar-refractivity contribution in [2.45, 2.75) is 64.1 Å². The topological polar surface area (TPSA) is 86.8 Å². The Labute approximate surface area is 257 Å². The van der Waals surface area contributed by atoms with Gasteiger partial charge in [0.2, 0.25) is 11.8 Å². The van der Waals surface area contributed by atoms with Crippen LogP contribution in [0.5, 0.6) is 0 Å². The second kappa shape index (κ2) is 13.5. The number of benzene rings is 3. The zero-order valence-electron chi connectivity index (χ0n) is 23.6. The van der Waals surface area contributed by atoms with E-state index < -0.39 is 34.1 Å². The van der Waals surface area contributed by atoms with E-state index in [9.17, 15) is 18.0 Å². The highest BCUT2D eigenvalue weighted by atomic mass is 35.5. The molecule has 0 heterocycles. The molecule has 1 N–H and O–H groups in total. The van der Waals surface area contributed by atoms with Gasteiger partial charge in [0.05, 0.1) is 20.6 Å². The first-order valence-corrected chi connectivity index (χ1v) is 15.6. The minimum absolute atomic E-state index is 0.00837. The van der Waals surface area contributed by atoms with Crippen LogP contribution in [-0.2, 0) is 26.2 Å². The highest BCUT2D eigenvalue weighted by Crippen LogP contribution is 2.28. The summed E-state index contributed by atoms with van der Waals surface area (Å²) in [5.41, 5.74) is 1.22. The molecule has 0 saturated carbocycles. The Hall–Kier alpha value is -2.78. The second-order valence-electron chi connectivity index (χ2n) is 10.7. The van der Waals surface area contributed by atoms with E-state index in [1.165, 1.54) is 29.2 Å². The zero-order valence-corrected chi connectivity index (χ0v) is 26.7. The molecule has 0 fully saturated rings. The van der Waals surface area contributed by atoms with Gasteiger partial charge in [-0.25, -0.2) is 8.42 Å². The molecule has 0 saturated heterocycles. The number of halogens is 3. The van der Waals surface area contributed by atoms with Crippen LogP contribution in [0, 0.1) is 6.92 Å². The number of anilines is 1. The number of hydrogen-bond donors (Lipinski definition) is 1. The molecule has 0 aromatic heterocycles. The van der Waals surface area contributed by atoms with Gasteiger partial charge in [-0.1, -0.05) is 59.9 Å². The fourth-order valence-corrected chi connectivity index (χ4v) is 6.11. The van der Waals surface area contributed by atoms with Gasteiger partial charge in [-0.2, -0.15) is 0 Å². The molecular weight excluding hydrogens is 605 g/mol. The van der Waals surface area contributed by atoms with Gasteiger partial charge in [-0.15, -0.1) is 0 Å². The van der Waals surface area contributed by atoms with Crippen molar-refractivity contribution < 1.29 is 18.0 Å². The van der Waals surface area contributed by atoms with Crippen molar-refractivity contribution in [3.8, 4) is 0 Å². The third kappa shape index (κ3) is 8.61. The lowest BCUT2D eigenvalue weighted by atomic mass is 10.1. The van der Waals surface area contributed by atoms with E-state index in [-0.39, 0.29) is 17.3 Å². The van der Waals surface area contributed by atoms with Gasteiger partial charge in [0, 0.05) is 17.1 Å². The molecule has 0 bridgehead atoms. The van der Waals surface area contributed by atoms with Crippen LogP contribution in [0.25, 0.3) is 0 Å². The Morgan fingerprint density at radius 2 is 1.59 bits per heavy atom. The maximum atomic E-state index is 14.1. The van der Waals surface area contributed by atoms with E-state index in [0.29, 0.717) is 32.7 Å². The number of rotatable bonds is 10. The normalized spacial score (nSPS) is 12.5. The molecule has 7 nitrogen and oxygen atoms in total. The molecule has 3 aromatic rings. The molecule has 2 amide bonds. The Balaban J connectivity index is 2.09. The summed E-state index contributed by atoms with van der Waals surface area (Å²) in [5.74, 6) is -0.915. The second-order valence-corrected chi connectivity index (χ2v) is 13.9. The first kappa shape index (κ1) is 32.7. The standard InChI is InChI=1S/C30H34Cl3N3O4S/c1-6-27(29(38)34-30(3,4)5)35(18-21-10-15-25(32)26(33)17-21)28(37)19-36(23-9-7-8-20(2)16-23)41(39,40)24-13-11-22(31)12-14-24/h7-17,27H,6,18-19H2,1-5H3,(H,34,38)/t27-/m1/s1. The average molecular weight is 639 g/mol. The highest BCUT2D eigenvalue weighted by Gasteiger charge is 2.34. The number of nitrogens with zero attached hydrogens (tertiary/aromatic N) is 2. The first-order valence-electron chi connectivity index (χ1n) is 13.0. The van der Waals surface area contributed by atoms with Gasteiger partial charge in [-0.05, 0) is 93.8 Å². The van der Waals surface area contributed by atoms with E-state index >= 15 is 0 Å². The summed E-state index contributed by atoms with van der Waals surface area (Å²) >= 11 is 18.4. The molecule has 11 heteroatoms. The molecule has 0 unspecified atom stereocenters. The van der Waals surface area contributed by atoms with Crippen LogP contribution in [0.15, 0.2) is 71.6 Å². The summed E-state index contributed by atoms with van der Waals surface area (Å²) in [4.78, 5) is 28.9. The van der Waals surface area contributed by atoms with Crippen molar-refractivity contribution >= 4 is 62.3 Å². The van der Waals surface area contributed by atoms with Crippen LogP contribution in [0.1, 0.15) is 45.2 Å². The van der Waals surface area contributed by atoms with Crippen LogP contribution in [0.3, 0.4) is 0 Å². The Morgan fingerprint density at radius 1 is 0.927 bits per heavy atom.